The number of aromatic nitrogens is 2. The van der Waals surface area contributed by atoms with E-state index in [1.165, 1.54) is 17.7 Å². The van der Waals surface area contributed by atoms with Crippen LogP contribution in [0.25, 0.3) is 10.2 Å². The summed E-state index contributed by atoms with van der Waals surface area (Å²) in [6.07, 6.45) is 1.48. The first-order chi connectivity index (χ1) is 11.7. The second-order valence-corrected chi connectivity index (χ2v) is 6.56. The lowest BCUT2D eigenvalue weighted by Crippen LogP contribution is -2.41. The van der Waals surface area contributed by atoms with Crippen LogP contribution in [0.3, 0.4) is 0 Å². The highest BCUT2D eigenvalue weighted by Gasteiger charge is 2.20. The monoisotopic (exact) mass is 350 g/mol. The molecule has 8 heteroatoms. The van der Waals surface area contributed by atoms with Crippen molar-refractivity contribution in [2.75, 3.05) is 46.0 Å². The summed E-state index contributed by atoms with van der Waals surface area (Å²) in [6, 6.07) is 0. The molecule has 0 saturated carbocycles. The molecule has 0 aromatic carbocycles. The minimum absolute atomic E-state index is 0.0637. The van der Waals surface area contributed by atoms with Gasteiger partial charge in [-0.2, -0.15) is 0 Å². The van der Waals surface area contributed by atoms with Gasteiger partial charge < -0.3 is 14.8 Å². The van der Waals surface area contributed by atoms with Crippen LogP contribution < -0.4 is 10.1 Å². The molecule has 3 rings (SSSR count). The number of nitrogens with zero attached hydrogens (tertiary/aromatic N) is 3. The van der Waals surface area contributed by atoms with Crippen molar-refractivity contribution < 1.29 is 14.3 Å². The van der Waals surface area contributed by atoms with Gasteiger partial charge in [0.2, 0.25) is 5.88 Å². The van der Waals surface area contributed by atoms with Crippen LogP contribution in [0.1, 0.15) is 22.2 Å². The molecule has 0 atom stereocenters. The highest BCUT2D eigenvalue weighted by Crippen LogP contribution is 2.34. The van der Waals surface area contributed by atoms with Gasteiger partial charge in [0.05, 0.1) is 30.1 Å². The maximum atomic E-state index is 12.5. The topological polar surface area (TPSA) is 76.6 Å². The molecule has 0 unspecified atom stereocenters. The van der Waals surface area contributed by atoms with Gasteiger partial charge in [-0.15, -0.1) is 11.3 Å². The van der Waals surface area contributed by atoms with E-state index in [1.54, 1.807) is 0 Å². The molecule has 0 spiro atoms. The fraction of sp³-hybridized carbons (Fsp3) is 0.562. The number of aryl methyl sites for hydroxylation is 1. The summed E-state index contributed by atoms with van der Waals surface area (Å²) in [7, 11) is 0. The third-order valence-corrected chi connectivity index (χ3v) is 5.20. The number of ether oxygens (including phenoxy) is 2. The Kier molecular flexibility index (Phi) is 5.60. The Morgan fingerprint density at radius 2 is 2.21 bits per heavy atom. The number of rotatable bonds is 6. The lowest BCUT2D eigenvalue weighted by Gasteiger charge is -2.26. The lowest BCUT2D eigenvalue weighted by atomic mass is 10.2. The molecule has 7 nitrogen and oxygen atoms in total. The van der Waals surface area contributed by atoms with E-state index < -0.39 is 0 Å². The van der Waals surface area contributed by atoms with E-state index in [-0.39, 0.29) is 5.91 Å². The van der Waals surface area contributed by atoms with Crippen molar-refractivity contribution in [1.29, 1.82) is 0 Å². The van der Waals surface area contributed by atoms with Gasteiger partial charge in [-0.25, -0.2) is 9.97 Å². The molecule has 1 fully saturated rings. The summed E-state index contributed by atoms with van der Waals surface area (Å²) in [5.41, 5.74) is 0.878. The van der Waals surface area contributed by atoms with Crippen molar-refractivity contribution in [2.24, 2.45) is 0 Å². The molecule has 0 bridgehead atoms. The minimum Gasteiger partial charge on any atom is -0.477 e. The summed E-state index contributed by atoms with van der Waals surface area (Å²) >= 11 is 1.38. The SMILES string of the molecule is CCOc1ncnc2sc(C(=O)NCCN3CCOCC3)c(C)c12. The van der Waals surface area contributed by atoms with Crippen molar-refractivity contribution in [3.05, 3.63) is 16.8 Å². The standard InChI is InChI=1S/C16H22N4O3S/c1-3-23-15-12-11(2)13(24-16(12)19-10-18-15)14(21)17-4-5-20-6-8-22-9-7-20/h10H,3-9H2,1-2H3,(H,17,21). The zero-order chi connectivity index (χ0) is 16.9. The first-order valence-electron chi connectivity index (χ1n) is 8.16. The van der Waals surface area contributed by atoms with Gasteiger partial charge in [0.25, 0.3) is 5.91 Å². The van der Waals surface area contributed by atoms with Gasteiger partial charge in [0, 0.05) is 26.2 Å². The lowest BCUT2D eigenvalue weighted by molar-refractivity contribution is 0.0383. The molecular weight excluding hydrogens is 328 g/mol. The van der Waals surface area contributed by atoms with E-state index in [0.29, 0.717) is 23.9 Å². The van der Waals surface area contributed by atoms with Crippen LogP contribution in [0.4, 0.5) is 0 Å². The van der Waals surface area contributed by atoms with Crippen molar-refractivity contribution >= 4 is 27.5 Å². The van der Waals surface area contributed by atoms with Crippen LogP contribution >= 0.6 is 11.3 Å². The highest BCUT2D eigenvalue weighted by molar-refractivity contribution is 7.20. The first kappa shape index (κ1) is 17.1. The molecule has 0 aliphatic carbocycles. The third kappa shape index (κ3) is 3.66. The Hall–Kier alpha value is -1.77. The van der Waals surface area contributed by atoms with E-state index >= 15 is 0 Å². The number of carbonyl (C=O) groups excluding carboxylic acids is 1. The van der Waals surface area contributed by atoms with Crippen LogP contribution in [-0.2, 0) is 4.74 Å². The molecule has 1 N–H and O–H groups in total. The van der Waals surface area contributed by atoms with Gasteiger partial charge in [0.1, 0.15) is 11.2 Å². The number of nitrogens with one attached hydrogen (secondary N) is 1. The fourth-order valence-corrected chi connectivity index (χ4v) is 3.79. The van der Waals surface area contributed by atoms with Crippen LogP contribution in [0, 0.1) is 6.92 Å². The normalized spacial score (nSPS) is 15.6. The number of thiophene rings is 1. The maximum Gasteiger partial charge on any atom is 0.261 e. The molecule has 3 heterocycles. The largest absolute Gasteiger partial charge is 0.477 e. The minimum atomic E-state index is -0.0637. The Labute approximate surface area is 145 Å². The number of amides is 1. The van der Waals surface area contributed by atoms with Crippen molar-refractivity contribution in [2.45, 2.75) is 13.8 Å². The smallest absolute Gasteiger partial charge is 0.261 e. The molecule has 130 valence electrons. The van der Waals surface area contributed by atoms with Gasteiger partial charge in [-0.05, 0) is 19.4 Å². The number of hydrogen-bond donors (Lipinski definition) is 1. The molecule has 24 heavy (non-hydrogen) atoms. The predicted octanol–water partition coefficient (Wildman–Crippen LogP) is 1.46. The summed E-state index contributed by atoms with van der Waals surface area (Å²) < 4.78 is 10.9. The van der Waals surface area contributed by atoms with Gasteiger partial charge >= 0.3 is 0 Å². The van der Waals surface area contributed by atoms with Gasteiger partial charge in [-0.3, -0.25) is 9.69 Å². The molecule has 0 radical (unpaired) electrons. The fourth-order valence-electron chi connectivity index (χ4n) is 2.73. The van der Waals surface area contributed by atoms with E-state index in [0.717, 1.165) is 48.6 Å². The molecule has 1 saturated heterocycles. The molecule has 1 aliphatic rings. The summed E-state index contributed by atoms with van der Waals surface area (Å²) in [6.45, 7) is 9.19. The Balaban J connectivity index is 1.68. The van der Waals surface area contributed by atoms with E-state index in [9.17, 15) is 4.79 Å². The highest BCUT2D eigenvalue weighted by atomic mass is 32.1. The molecular formula is C16H22N4O3S. The Morgan fingerprint density at radius 1 is 1.42 bits per heavy atom. The van der Waals surface area contributed by atoms with Crippen LogP contribution in [0.5, 0.6) is 5.88 Å². The quantitative estimate of drug-likeness (QED) is 0.850. The maximum absolute atomic E-state index is 12.5. The summed E-state index contributed by atoms with van der Waals surface area (Å²) in [5.74, 6) is 0.481. The van der Waals surface area contributed by atoms with E-state index in [1.807, 2.05) is 13.8 Å². The second-order valence-electron chi connectivity index (χ2n) is 5.56. The second kappa shape index (κ2) is 7.87. The van der Waals surface area contributed by atoms with E-state index in [4.69, 9.17) is 9.47 Å². The molecule has 1 amide bonds. The Morgan fingerprint density at radius 3 is 2.96 bits per heavy atom. The molecule has 2 aromatic heterocycles. The Bertz CT molecular complexity index is 713. The average molecular weight is 350 g/mol. The van der Waals surface area contributed by atoms with Crippen LogP contribution in [0.15, 0.2) is 6.33 Å². The molecule has 2 aromatic rings. The van der Waals surface area contributed by atoms with Crippen molar-refractivity contribution in [1.82, 2.24) is 20.2 Å². The zero-order valence-corrected chi connectivity index (χ0v) is 14.8. The molecule has 1 aliphatic heterocycles. The van der Waals surface area contributed by atoms with Crippen LogP contribution in [0.2, 0.25) is 0 Å². The number of hydrogen-bond acceptors (Lipinski definition) is 7. The van der Waals surface area contributed by atoms with Crippen molar-refractivity contribution in [3.63, 3.8) is 0 Å². The van der Waals surface area contributed by atoms with Crippen molar-refractivity contribution in [3.8, 4) is 5.88 Å². The first-order valence-corrected chi connectivity index (χ1v) is 8.97. The zero-order valence-electron chi connectivity index (χ0n) is 14.0. The van der Waals surface area contributed by atoms with Gasteiger partial charge in [0.15, 0.2) is 0 Å². The third-order valence-electron chi connectivity index (χ3n) is 4.00. The predicted molar refractivity (Wildman–Crippen MR) is 92.9 cm³/mol. The number of carbonyl (C=O) groups is 1. The number of morpholine rings is 1. The average Bonchev–Trinajstić information content (AvgIpc) is 2.94. The summed E-state index contributed by atoms with van der Waals surface area (Å²) in [5, 5.41) is 3.84. The van der Waals surface area contributed by atoms with Gasteiger partial charge in [-0.1, -0.05) is 0 Å². The summed E-state index contributed by atoms with van der Waals surface area (Å²) in [4.78, 5) is 24.7. The number of fused-ring (bicyclic) bond motifs is 1. The van der Waals surface area contributed by atoms with E-state index in [2.05, 4.69) is 20.2 Å². The van der Waals surface area contributed by atoms with Crippen LogP contribution in [-0.4, -0.2) is 66.8 Å².